The van der Waals surface area contributed by atoms with Gasteiger partial charge in [-0.05, 0) is 11.4 Å². The van der Waals surface area contributed by atoms with Crippen molar-refractivity contribution in [2.45, 2.75) is 10.6 Å². The maximum atomic E-state index is 11.5. The molecule has 1 aromatic heterocycles. The predicted molar refractivity (Wildman–Crippen MR) is 56.1 cm³/mol. The van der Waals surface area contributed by atoms with Gasteiger partial charge in [0, 0.05) is 6.54 Å². The number of methoxy groups -OCH3 is 1. The fraction of sp³-hybridized carbons (Fsp3) is 0.375. The summed E-state index contributed by atoms with van der Waals surface area (Å²) in [5.41, 5.74) is 0. The maximum absolute atomic E-state index is 11.5. The van der Waals surface area contributed by atoms with E-state index in [1.165, 1.54) is 13.2 Å². The van der Waals surface area contributed by atoms with Crippen molar-refractivity contribution in [3.63, 3.8) is 0 Å². The molecule has 0 aromatic carbocycles. The molecule has 0 unspecified atom stereocenters. The number of ether oxygens (including phenoxy) is 1. The number of nitrogens with one attached hydrogen (secondary N) is 1. The van der Waals surface area contributed by atoms with Gasteiger partial charge in [0.1, 0.15) is 4.21 Å². The van der Waals surface area contributed by atoms with Crippen molar-refractivity contribution < 1.29 is 17.9 Å². The monoisotopic (exact) mass is 249 g/mol. The van der Waals surface area contributed by atoms with Crippen molar-refractivity contribution >= 4 is 27.3 Å². The zero-order valence-corrected chi connectivity index (χ0v) is 9.73. The third kappa shape index (κ3) is 3.61. The molecule has 0 bridgehead atoms. The third-order valence-electron chi connectivity index (χ3n) is 1.61. The topological polar surface area (TPSA) is 72.5 Å². The van der Waals surface area contributed by atoms with Crippen molar-refractivity contribution in [2.24, 2.45) is 0 Å². The van der Waals surface area contributed by atoms with E-state index in [1.807, 2.05) is 0 Å². The number of carbonyl (C=O) groups is 1. The molecule has 0 fully saturated rings. The summed E-state index contributed by atoms with van der Waals surface area (Å²) in [6.07, 6.45) is 0.0289. The van der Waals surface area contributed by atoms with E-state index in [1.54, 1.807) is 11.4 Å². The van der Waals surface area contributed by atoms with E-state index in [9.17, 15) is 13.2 Å². The maximum Gasteiger partial charge on any atom is 0.306 e. The number of thiophene rings is 1. The van der Waals surface area contributed by atoms with Crippen LogP contribution in [0, 0.1) is 0 Å². The normalized spacial score (nSPS) is 11.3. The van der Waals surface area contributed by atoms with E-state index in [0.717, 1.165) is 11.3 Å². The first-order valence-corrected chi connectivity index (χ1v) is 6.52. The van der Waals surface area contributed by atoms with Gasteiger partial charge < -0.3 is 4.74 Å². The Morgan fingerprint density at radius 1 is 1.60 bits per heavy atom. The number of carbonyl (C=O) groups excluding carboxylic acids is 1. The lowest BCUT2D eigenvalue weighted by molar-refractivity contribution is -0.140. The Labute approximate surface area is 92.1 Å². The summed E-state index contributed by atoms with van der Waals surface area (Å²) < 4.78 is 30.0. The summed E-state index contributed by atoms with van der Waals surface area (Å²) in [7, 11) is -2.20. The van der Waals surface area contributed by atoms with Crippen LogP contribution in [0.4, 0.5) is 0 Å². The van der Waals surface area contributed by atoms with Crippen molar-refractivity contribution in [2.75, 3.05) is 13.7 Å². The Balaban J connectivity index is 2.49. The second kappa shape index (κ2) is 5.24. The van der Waals surface area contributed by atoms with Crippen molar-refractivity contribution in [3.05, 3.63) is 17.5 Å². The molecule has 84 valence electrons. The van der Waals surface area contributed by atoms with Crippen molar-refractivity contribution in [3.8, 4) is 0 Å². The molecule has 0 spiro atoms. The van der Waals surface area contributed by atoms with Gasteiger partial charge >= 0.3 is 5.97 Å². The average Bonchev–Trinajstić information content (AvgIpc) is 2.70. The largest absolute Gasteiger partial charge is 0.469 e. The van der Waals surface area contributed by atoms with E-state index in [2.05, 4.69) is 9.46 Å². The van der Waals surface area contributed by atoms with E-state index < -0.39 is 16.0 Å². The summed E-state index contributed by atoms with van der Waals surface area (Å²) in [5.74, 6) is -0.441. The van der Waals surface area contributed by atoms with Gasteiger partial charge in [0.2, 0.25) is 10.0 Å². The van der Waals surface area contributed by atoms with Gasteiger partial charge in [0.15, 0.2) is 0 Å². The predicted octanol–water partition coefficient (Wildman–Crippen LogP) is 0.589. The summed E-state index contributed by atoms with van der Waals surface area (Å²) in [6.45, 7) is 0.0485. The first-order chi connectivity index (χ1) is 7.06. The van der Waals surface area contributed by atoms with Crippen LogP contribution in [0.15, 0.2) is 21.7 Å². The molecule has 1 aromatic rings. The Kier molecular flexibility index (Phi) is 4.25. The number of esters is 1. The molecule has 0 radical (unpaired) electrons. The van der Waals surface area contributed by atoms with Gasteiger partial charge in [-0.15, -0.1) is 11.3 Å². The van der Waals surface area contributed by atoms with Gasteiger partial charge in [0.05, 0.1) is 13.5 Å². The first-order valence-electron chi connectivity index (χ1n) is 4.16. The highest BCUT2D eigenvalue weighted by Crippen LogP contribution is 2.14. The minimum Gasteiger partial charge on any atom is -0.469 e. The Morgan fingerprint density at radius 3 is 2.87 bits per heavy atom. The van der Waals surface area contributed by atoms with Gasteiger partial charge in [-0.3, -0.25) is 4.79 Å². The van der Waals surface area contributed by atoms with Crippen molar-refractivity contribution in [1.29, 1.82) is 0 Å². The SMILES string of the molecule is COC(=O)CCNS(=O)(=O)c1cccs1. The highest BCUT2D eigenvalue weighted by atomic mass is 32.2. The van der Waals surface area contributed by atoms with Crippen LogP contribution in [0.1, 0.15) is 6.42 Å². The van der Waals surface area contributed by atoms with E-state index >= 15 is 0 Å². The molecule has 15 heavy (non-hydrogen) atoms. The minimum absolute atomic E-state index is 0.0289. The number of hydrogen-bond acceptors (Lipinski definition) is 5. The summed E-state index contributed by atoms with van der Waals surface area (Å²) in [6, 6.07) is 3.16. The van der Waals surface area contributed by atoms with Crippen LogP contribution in [0.5, 0.6) is 0 Å². The van der Waals surface area contributed by atoms with E-state index in [4.69, 9.17) is 0 Å². The summed E-state index contributed by atoms with van der Waals surface area (Å²) in [5, 5.41) is 1.68. The third-order valence-corrected chi connectivity index (χ3v) is 4.47. The quantitative estimate of drug-likeness (QED) is 0.775. The Bertz CT molecular complexity index is 410. The van der Waals surface area contributed by atoms with Gasteiger partial charge in [-0.2, -0.15) is 0 Å². The zero-order chi connectivity index (χ0) is 11.3. The molecule has 5 nitrogen and oxygen atoms in total. The molecule has 0 aliphatic rings. The Morgan fingerprint density at radius 2 is 2.33 bits per heavy atom. The summed E-state index contributed by atoms with van der Waals surface area (Å²) in [4.78, 5) is 10.7. The van der Waals surface area contributed by atoms with Crippen LogP contribution in [-0.4, -0.2) is 28.0 Å². The van der Waals surface area contributed by atoms with Crippen LogP contribution >= 0.6 is 11.3 Å². The van der Waals surface area contributed by atoms with Gasteiger partial charge in [-0.25, -0.2) is 13.1 Å². The standard InChI is InChI=1S/C8H11NO4S2/c1-13-7(10)4-5-9-15(11,12)8-3-2-6-14-8/h2-3,6,9H,4-5H2,1H3. The fourth-order valence-electron chi connectivity index (χ4n) is 0.877. The van der Waals surface area contributed by atoms with Crippen LogP contribution < -0.4 is 4.72 Å². The van der Waals surface area contributed by atoms with Crippen LogP contribution in [0.25, 0.3) is 0 Å². The molecule has 0 saturated carbocycles. The molecule has 0 amide bonds. The fourth-order valence-corrected chi connectivity index (χ4v) is 2.95. The first kappa shape index (κ1) is 12.2. The molecule has 7 heteroatoms. The Hall–Kier alpha value is -0.920. The molecule has 0 saturated heterocycles. The molecule has 1 rings (SSSR count). The van der Waals surface area contributed by atoms with Crippen LogP contribution in [0.2, 0.25) is 0 Å². The molecule has 1 heterocycles. The highest BCUT2D eigenvalue weighted by molar-refractivity contribution is 7.91. The molecule has 0 atom stereocenters. The molecular formula is C8H11NO4S2. The number of hydrogen-bond donors (Lipinski definition) is 1. The second-order valence-corrected chi connectivity index (χ2v) is 5.60. The number of sulfonamides is 1. The van der Waals surface area contributed by atoms with Gasteiger partial charge in [-0.1, -0.05) is 6.07 Å². The number of rotatable bonds is 5. The smallest absolute Gasteiger partial charge is 0.306 e. The molecule has 1 N–H and O–H groups in total. The van der Waals surface area contributed by atoms with E-state index in [-0.39, 0.29) is 17.2 Å². The second-order valence-electron chi connectivity index (χ2n) is 2.66. The average molecular weight is 249 g/mol. The van der Waals surface area contributed by atoms with Crippen molar-refractivity contribution in [1.82, 2.24) is 4.72 Å². The zero-order valence-electron chi connectivity index (χ0n) is 8.10. The molecule has 0 aliphatic heterocycles. The molecule has 0 aliphatic carbocycles. The minimum atomic E-state index is -3.46. The lowest BCUT2D eigenvalue weighted by Crippen LogP contribution is -2.25. The summed E-state index contributed by atoms with van der Waals surface area (Å²) >= 11 is 1.13. The molecular weight excluding hydrogens is 238 g/mol. The van der Waals surface area contributed by atoms with E-state index in [0.29, 0.717) is 0 Å². The lowest BCUT2D eigenvalue weighted by atomic mass is 10.4. The lowest BCUT2D eigenvalue weighted by Gasteiger charge is -2.03. The van der Waals surface area contributed by atoms with Crippen LogP contribution in [-0.2, 0) is 19.6 Å². The highest BCUT2D eigenvalue weighted by Gasteiger charge is 2.14. The van der Waals surface area contributed by atoms with Gasteiger partial charge in [0.25, 0.3) is 0 Å². The van der Waals surface area contributed by atoms with Crippen LogP contribution in [0.3, 0.4) is 0 Å².